The monoisotopic (exact) mass is 289 g/mol. The summed E-state index contributed by atoms with van der Waals surface area (Å²) in [4.78, 5) is 15.8. The first kappa shape index (κ1) is 14.3. The lowest BCUT2D eigenvalue weighted by molar-refractivity contribution is -0.116. The number of aromatic nitrogens is 1. The zero-order valence-electron chi connectivity index (χ0n) is 11.2. The number of halogens is 1. The summed E-state index contributed by atoms with van der Waals surface area (Å²) in [5, 5.41) is 3.26. The number of nitrogen functional groups attached to an aromatic ring is 1. The van der Waals surface area contributed by atoms with Gasteiger partial charge in [0.25, 0.3) is 0 Å². The number of amides is 1. The molecule has 0 radical (unpaired) electrons. The largest absolute Gasteiger partial charge is 0.399 e. The van der Waals surface area contributed by atoms with Gasteiger partial charge in [-0.15, -0.1) is 0 Å². The van der Waals surface area contributed by atoms with Gasteiger partial charge in [-0.25, -0.2) is 4.98 Å². The summed E-state index contributed by atoms with van der Waals surface area (Å²) in [6.45, 7) is 1.85. The van der Waals surface area contributed by atoms with Gasteiger partial charge in [0.1, 0.15) is 5.15 Å². The molecule has 0 bridgehead atoms. The Kier molecular flexibility index (Phi) is 4.58. The first-order valence-corrected chi connectivity index (χ1v) is 6.69. The lowest BCUT2D eigenvalue weighted by Crippen LogP contribution is -2.12. The minimum Gasteiger partial charge on any atom is -0.399 e. The van der Waals surface area contributed by atoms with Crippen molar-refractivity contribution >= 4 is 28.9 Å². The van der Waals surface area contributed by atoms with Crippen LogP contribution < -0.4 is 11.1 Å². The van der Waals surface area contributed by atoms with Crippen LogP contribution in [-0.4, -0.2) is 10.9 Å². The number of aryl methyl sites for hydroxylation is 2. The predicted molar refractivity (Wildman–Crippen MR) is 81.8 cm³/mol. The van der Waals surface area contributed by atoms with E-state index in [4.69, 9.17) is 17.3 Å². The predicted octanol–water partition coefficient (Wildman–Crippen LogP) is 3.20. The molecule has 2 aromatic rings. The lowest BCUT2D eigenvalue weighted by Gasteiger charge is -2.06. The van der Waals surface area contributed by atoms with E-state index in [-0.39, 0.29) is 5.91 Å². The van der Waals surface area contributed by atoms with Crippen molar-refractivity contribution in [1.82, 2.24) is 4.98 Å². The van der Waals surface area contributed by atoms with Gasteiger partial charge < -0.3 is 11.1 Å². The molecular weight excluding hydrogens is 274 g/mol. The Bertz CT molecular complexity index is 611. The SMILES string of the molecule is Cc1cc(NC(=O)CCc2ccc(N)cc2)cnc1Cl. The second kappa shape index (κ2) is 6.39. The molecule has 5 heteroatoms. The zero-order chi connectivity index (χ0) is 14.5. The van der Waals surface area contributed by atoms with E-state index in [1.807, 2.05) is 31.2 Å². The summed E-state index contributed by atoms with van der Waals surface area (Å²) >= 11 is 5.84. The zero-order valence-corrected chi connectivity index (χ0v) is 11.9. The average Bonchev–Trinajstić information content (AvgIpc) is 2.42. The Labute approximate surface area is 123 Å². The van der Waals surface area contributed by atoms with Crippen molar-refractivity contribution in [2.45, 2.75) is 19.8 Å². The molecule has 0 unspecified atom stereocenters. The van der Waals surface area contributed by atoms with Crippen molar-refractivity contribution in [3.05, 3.63) is 52.8 Å². The molecule has 0 saturated carbocycles. The molecule has 2 rings (SSSR count). The fourth-order valence-electron chi connectivity index (χ4n) is 1.79. The van der Waals surface area contributed by atoms with Crippen LogP contribution >= 0.6 is 11.6 Å². The number of carbonyl (C=O) groups excluding carboxylic acids is 1. The first-order chi connectivity index (χ1) is 9.54. The maximum absolute atomic E-state index is 11.9. The second-order valence-electron chi connectivity index (χ2n) is 4.62. The van der Waals surface area contributed by atoms with Crippen LogP contribution in [-0.2, 0) is 11.2 Å². The molecule has 0 aliphatic carbocycles. The highest BCUT2D eigenvalue weighted by Crippen LogP contribution is 2.16. The van der Waals surface area contributed by atoms with E-state index in [0.29, 0.717) is 23.7 Å². The third-order valence-corrected chi connectivity index (χ3v) is 3.31. The van der Waals surface area contributed by atoms with E-state index in [2.05, 4.69) is 10.3 Å². The van der Waals surface area contributed by atoms with Gasteiger partial charge in [-0.1, -0.05) is 23.7 Å². The molecule has 0 aliphatic heterocycles. The van der Waals surface area contributed by atoms with Gasteiger partial charge in [0.05, 0.1) is 11.9 Å². The minimum atomic E-state index is -0.0506. The summed E-state index contributed by atoms with van der Waals surface area (Å²) in [6.07, 6.45) is 2.63. The third-order valence-electron chi connectivity index (χ3n) is 2.92. The number of nitrogens with one attached hydrogen (secondary N) is 1. The Morgan fingerprint density at radius 1 is 1.35 bits per heavy atom. The maximum Gasteiger partial charge on any atom is 0.224 e. The van der Waals surface area contributed by atoms with Crippen molar-refractivity contribution in [2.75, 3.05) is 11.1 Å². The van der Waals surface area contributed by atoms with Gasteiger partial charge in [-0.05, 0) is 42.7 Å². The summed E-state index contributed by atoms with van der Waals surface area (Å²) in [5.74, 6) is -0.0506. The molecular formula is C15H16ClN3O. The molecule has 1 amide bonds. The standard InChI is InChI=1S/C15H16ClN3O/c1-10-8-13(9-18-15(10)16)19-14(20)7-4-11-2-5-12(17)6-3-11/h2-3,5-6,8-9H,4,7,17H2,1H3,(H,19,20). The van der Waals surface area contributed by atoms with E-state index in [1.165, 1.54) is 0 Å². The molecule has 20 heavy (non-hydrogen) atoms. The minimum absolute atomic E-state index is 0.0506. The number of hydrogen-bond donors (Lipinski definition) is 2. The number of pyridine rings is 1. The number of carbonyl (C=O) groups is 1. The molecule has 0 saturated heterocycles. The van der Waals surface area contributed by atoms with Crippen molar-refractivity contribution in [1.29, 1.82) is 0 Å². The fraction of sp³-hybridized carbons (Fsp3) is 0.200. The van der Waals surface area contributed by atoms with Crippen molar-refractivity contribution < 1.29 is 4.79 Å². The Morgan fingerprint density at radius 2 is 2.05 bits per heavy atom. The molecule has 0 spiro atoms. The molecule has 0 fully saturated rings. The van der Waals surface area contributed by atoms with Gasteiger partial charge in [0.15, 0.2) is 0 Å². The van der Waals surface area contributed by atoms with Gasteiger partial charge in [0, 0.05) is 12.1 Å². The van der Waals surface area contributed by atoms with Crippen molar-refractivity contribution in [2.24, 2.45) is 0 Å². The van der Waals surface area contributed by atoms with Gasteiger partial charge >= 0.3 is 0 Å². The van der Waals surface area contributed by atoms with Crippen LogP contribution in [0.15, 0.2) is 36.5 Å². The van der Waals surface area contributed by atoms with Gasteiger partial charge in [-0.2, -0.15) is 0 Å². The summed E-state index contributed by atoms with van der Waals surface area (Å²) in [7, 11) is 0. The highest BCUT2D eigenvalue weighted by atomic mass is 35.5. The molecule has 0 aliphatic rings. The van der Waals surface area contributed by atoms with Crippen molar-refractivity contribution in [3.63, 3.8) is 0 Å². The normalized spacial score (nSPS) is 10.3. The molecule has 1 aromatic carbocycles. The van der Waals surface area contributed by atoms with Crippen LogP contribution in [0.25, 0.3) is 0 Å². The van der Waals surface area contributed by atoms with Crippen LogP contribution in [0.3, 0.4) is 0 Å². The fourth-order valence-corrected chi connectivity index (χ4v) is 1.90. The first-order valence-electron chi connectivity index (χ1n) is 6.31. The number of anilines is 2. The molecule has 0 atom stereocenters. The molecule has 1 aromatic heterocycles. The Hall–Kier alpha value is -2.07. The van der Waals surface area contributed by atoms with E-state index >= 15 is 0 Å². The number of nitrogens with two attached hydrogens (primary N) is 1. The quantitative estimate of drug-likeness (QED) is 0.671. The van der Waals surface area contributed by atoms with E-state index in [9.17, 15) is 4.79 Å². The number of hydrogen-bond acceptors (Lipinski definition) is 3. The maximum atomic E-state index is 11.9. The molecule has 4 nitrogen and oxygen atoms in total. The van der Waals surface area contributed by atoms with Crippen LogP contribution in [0.5, 0.6) is 0 Å². The molecule has 104 valence electrons. The molecule has 3 N–H and O–H groups in total. The van der Waals surface area contributed by atoms with Crippen LogP contribution in [0, 0.1) is 6.92 Å². The summed E-state index contributed by atoms with van der Waals surface area (Å²) < 4.78 is 0. The number of rotatable bonds is 4. The van der Waals surface area contributed by atoms with Crippen molar-refractivity contribution in [3.8, 4) is 0 Å². The van der Waals surface area contributed by atoms with E-state index in [1.54, 1.807) is 12.3 Å². The van der Waals surface area contributed by atoms with E-state index in [0.717, 1.165) is 16.8 Å². The van der Waals surface area contributed by atoms with Crippen LogP contribution in [0.4, 0.5) is 11.4 Å². The Morgan fingerprint density at radius 3 is 2.70 bits per heavy atom. The van der Waals surface area contributed by atoms with E-state index < -0.39 is 0 Å². The second-order valence-corrected chi connectivity index (χ2v) is 4.98. The molecule has 1 heterocycles. The van der Waals surface area contributed by atoms with Gasteiger partial charge in [0.2, 0.25) is 5.91 Å². The van der Waals surface area contributed by atoms with Crippen LogP contribution in [0.1, 0.15) is 17.5 Å². The number of benzene rings is 1. The smallest absolute Gasteiger partial charge is 0.224 e. The number of nitrogens with zero attached hydrogens (tertiary/aromatic N) is 1. The Balaban J connectivity index is 1.89. The average molecular weight is 290 g/mol. The highest BCUT2D eigenvalue weighted by Gasteiger charge is 2.05. The topological polar surface area (TPSA) is 68.0 Å². The van der Waals surface area contributed by atoms with Crippen LogP contribution in [0.2, 0.25) is 5.15 Å². The lowest BCUT2D eigenvalue weighted by atomic mass is 10.1. The highest BCUT2D eigenvalue weighted by molar-refractivity contribution is 6.30. The van der Waals surface area contributed by atoms with Gasteiger partial charge in [-0.3, -0.25) is 4.79 Å². The summed E-state index contributed by atoms with van der Waals surface area (Å²) in [6, 6.07) is 9.32. The third kappa shape index (κ3) is 3.96. The summed E-state index contributed by atoms with van der Waals surface area (Å²) in [5.41, 5.74) is 8.92.